The minimum absolute atomic E-state index is 0.196. The Bertz CT molecular complexity index is 237. The molecule has 2 unspecified atom stereocenters. The molecular weight excluding hydrogens is 236 g/mol. The molecule has 0 bridgehead atoms. The van der Waals surface area contributed by atoms with Gasteiger partial charge in [0.2, 0.25) is 5.91 Å². The Balaban J connectivity index is 4.09. The van der Waals surface area contributed by atoms with E-state index < -0.39 is 0 Å². The smallest absolute Gasteiger partial charge is 0.220 e. The molecule has 114 valence electrons. The third kappa shape index (κ3) is 7.56. The van der Waals surface area contributed by atoms with E-state index in [9.17, 15) is 4.79 Å². The first-order valence-electron chi connectivity index (χ1n) is 7.95. The van der Waals surface area contributed by atoms with Crippen molar-refractivity contribution in [3.63, 3.8) is 0 Å². The van der Waals surface area contributed by atoms with Crippen LogP contribution in [0.2, 0.25) is 0 Å². The largest absolute Gasteiger partial charge is 0.353 e. The Morgan fingerprint density at radius 1 is 1.05 bits per heavy atom. The zero-order chi connectivity index (χ0) is 14.8. The number of amides is 1. The molecule has 3 heteroatoms. The van der Waals surface area contributed by atoms with Crippen LogP contribution in [0, 0.1) is 17.8 Å². The highest BCUT2D eigenvalue weighted by Gasteiger charge is 2.18. The predicted molar refractivity (Wildman–Crippen MR) is 82.9 cm³/mol. The van der Waals surface area contributed by atoms with Crippen LogP contribution in [0.3, 0.4) is 0 Å². The van der Waals surface area contributed by atoms with Gasteiger partial charge in [0.05, 0.1) is 0 Å². The highest BCUT2D eigenvalue weighted by molar-refractivity contribution is 5.76. The summed E-state index contributed by atoms with van der Waals surface area (Å²) in [6, 6.07) is 0.287. The summed E-state index contributed by atoms with van der Waals surface area (Å²) in [4.78, 5) is 12.0. The maximum atomic E-state index is 12.0. The van der Waals surface area contributed by atoms with Gasteiger partial charge in [-0.25, -0.2) is 0 Å². The molecule has 0 saturated carbocycles. The van der Waals surface area contributed by atoms with Gasteiger partial charge in [-0.2, -0.15) is 0 Å². The van der Waals surface area contributed by atoms with Crippen molar-refractivity contribution in [2.45, 2.75) is 72.8 Å². The number of rotatable bonds is 10. The summed E-state index contributed by atoms with van der Waals surface area (Å²) in [6.07, 6.45) is 4.86. The number of hydrogen-bond acceptors (Lipinski definition) is 2. The summed E-state index contributed by atoms with van der Waals surface area (Å²) >= 11 is 0. The van der Waals surface area contributed by atoms with E-state index in [-0.39, 0.29) is 11.9 Å². The maximum absolute atomic E-state index is 12.0. The molecule has 0 aromatic carbocycles. The van der Waals surface area contributed by atoms with Crippen molar-refractivity contribution in [3.8, 4) is 0 Å². The molecule has 19 heavy (non-hydrogen) atoms. The molecule has 0 fully saturated rings. The van der Waals surface area contributed by atoms with Crippen LogP contribution in [0.25, 0.3) is 0 Å². The number of nitrogens with one attached hydrogen (secondary N) is 1. The van der Waals surface area contributed by atoms with Gasteiger partial charge in [-0.05, 0) is 44.1 Å². The molecule has 0 aliphatic rings. The van der Waals surface area contributed by atoms with Gasteiger partial charge in [0.25, 0.3) is 0 Å². The second-order valence-corrected chi connectivity index (χ2v) is 6.05. The summed E-state index contributed by atoms with van der Waals surface area (Å²) in [5, 5.41) is 3.15. The van der Waals surface area contributed by atoms with Crippen LogP contribution in [-0.4, -0.2) is 18.5 Å². The molecule has 3 N–H and O–H groups in total. The van der Waals surface area contributed by atoms with Gasteiger partial charge in [-0.3, -0.25) is 4.79 Å². The highest BCUT2D eigenvalue weighted by atomic mass is 16.1. The van der Waals surface area contributed by atoms with E-state index in [4.69, 9.17) is 5.73 Å². The Morgan fingerprint density at radius 3 is 2.05 bits per heavy atom. The molecule has 0 aromatic rings. The van der Waals surface area contributed by atoms with Crippen LogP contribution < -0.4 is 11.1 Å². The Morgan fingerprint density at radius 2 is 1.63 bits per heavy atom. The van der Waals surface area contributed by atoms with E-state index >= 15 is 0 Å². The molecule has 3 nitrogen and oxygen atoms in total. The average Bonchev–Trinajstić information content (AvgIpc) is 2.35. The SMILES string of the molecule is CCC(CC)C(C)NC(=O)CCC(CCN)C(C)C. The molecule has 0 radical (unpaired) electrons. The Hall–Kier alpha value is -0.570. The van der Waals surface area contributed by atoms with Gasteiger partial charge >= 0.3 is 0 Å². The molecule has 2 atom stereocenters. The quantitative estimate of drug-likeness (QED) is 0.640. The molecule has 0 heterocycles. The van der Waals surface area contributed by atoms with Crippen molar-refractivity contribution in [3.05, 3.63) is 0 Å². The summed E-state index contributed by atoms with van der Waals surface area (Å²) in [5.74, 6) is 1.96. The minimum atomic E-state index is 0.196. The summed E-state index contributed by atoms with van der Waals surface area (Å²) in [7, 11) is 0. The Labute approximate surface area is 119 Å². The van der Waals surface area contributed by atoms with Crippen molar-refractivity contribution in [2.75, 3.05) is 6.54 Å². The van der Waals surface area contributed by atoms with E-state index in [1.165, 1.54) is 0 Å². The number of nitrogens with two attached hydrogens (primary N) is 1. The summed E-state index contributed by atoms with van der Waals surface area (Å²) in [5.41, 5.74) is 5.63. The van der Waals surface area contributed by atoms with Crippen LogP contribution in [-0.2, 0) is 4.79 Å². The second kappa shape index (κ2) is 10.2. The monoisotopic (exact) mass is 270 g/mol. The lowest BCUT2D eigenvalue weighted by Gasteiger charge is -2.24. The van der Waals surface area contributed by atoms with Gasteiger partial charge in [0.1, 0.15) is 0 Å². The molecular formula is C16H34N2O. The first-order valence-corrected chi connectivity index (χ1v) is 7.95. The zero-order valence-electron chi connectivity index (χ0n) is 13.5. The molecule has 0 aliphatic carbocycles. The minimum Gasteiger partial charge on any atom is -0.353 e. The fourth-order valence-electron chi connectivity index (χ4n) is 2.78. The van der Waals surface area contributed by atoms with Crippen molar-refractivity contribution < 1.29 is 4.79 Å². The molecule has 0 rings (SSSR count). The maximum Gasteiger partial charge on any atom is 0.220 e. The van der Waals surface area contributed by atoms with E-state index in [2.05, 4.69) is 39.9 Å². The first kappa shape index (κ1) is 18.4. The van der Waals surface area contributed by atoms with E-state index in [1.807, 2.05) is 0 Å². The van der Waals surface area contributed by atoms with E-state index in [1.54, 1.807) is 0 Å². The summed E-state index contributed by atoms with van der Waals surface area (Å²) < 4.78 is 0. The number of carbonyl (C=O) groups is 1. The lowest BCUT2D eigenvalue weighted by Crippen LogP contribution is -2.38. The van der Waals surface area contributed by atoms with Crippen molar-refractivity contribution >= 4 is 5.91 Å². The van der Waals surface area contributed by atoms with Crippen molar-refractivity contribution in [1.82, 2.24) is 5.32 Å². The lowest BCUT2D eigenvalue weighted by atomic mass is 9.88. The molecule has 0 aromatic heterocycles. The van der Waals surface area contributed by atoms with Crippen LogP contribution in [0.15, 0.2) is 0 Å². The third-order valence-corrected chi connectivity index (χ3v) is 4.37. The number of carbonyl (C=O) groups excluding carboxylic acids is 1. The standard InChI is InChI=1S/C16H34N2O/c1-6-14(7-2)13(5)18-16(19)9-8-15(10-11-17)12(3)4/h12-15H,6-11,17H2,1-5H3,(H,18,19). The zero-order valence-corrected chi connectivity index (χ0v) is 13.5. The number of hydrogen-bond donors (Lipinski definition) is 2. The molecule has 0 aliphatic heterocycles. The topological polar surface area (TPSA) is 55.1 Å². The van der Waals surface area contributed by atoms with Crippen molar-refractivity contribution in [2.24, 2.45) is 23.5 Å². The van der Waals surface area contributed by atoms with Crippen molar-refractivity contribution in [1.29, 1.82) is 0 Å². The Kier molecular flexibility index (Phi) is 9.94. The second-order valence-electron chi connectivity index (χ2n) is 6.05. The van der Waals surface area contributed by atoms with Gasteiger partial charge < -0.3 is 11.1 Å². The van der Waals surface area contributed by atoms with Crippen LogP contribution in [0.4, 0.5) is 0 Å². The predicted octanol–water partition coefficient (Wildman–Crippen LogP) is 3.33. The van der Waals surface area contributed by atoms with Crippen LogP contribution in [0.5, 0.6) is 0 Å². The molecule has 0 saturated heterocycles. The molecule has 0 spiro atoms. The fourth-order valence-corrected chi connectivity index (χ4v) is 2.78. The van der Waals surface area contributed by atoms with Gasteiger partial charge in [-0.15, -0.1) is 0 Å². The van der Waals surface area contributed by atoms with Crippen LogP contribution in [0.1, 0.15) is 66.7 Å². The van der Waals surface area contributed by atoms with E-state index in [0.29, 0.717) is 30.7 Å². The normalized spacial score (nSPS) is 14.7. The third-order valence-electron chi connectivity index (χ3n) is 4.37. The summed E-state index contributed by atoms with van der Waals surface area (Å²) in [6.45, 7) is 11.6. The lowest BCUT2D eigenvalue weighted by molar-refractivity contribution is -0.122. The fraction of sp³-hybridized carbons (Fsp3) is 0.938. The first-order chi connectivity index (χ1) is 8.96. The van der Waals surface area contributed by atoms with Gasteiger partial charge in [0, 0.05) is 12.5 Å². The average molecular weight is 270 g/mol. The van der Waals surface area contributed by atoms with E-state index in [0.717, 1.165) is 25.7 Å². The van der Waals surface area contributed by atoms with Gasteiger partial charge in [0.15, 0.2) is 0 Å². The highest BCUT2D eigenvalue weighted by Crippen LogP contribution is 2.20. The molecule has 1 amide bonds. The van der Waals surface area contributed by atoms with Gasteiger partial charge in [-0.1, -0.05) is 40.5 Å². The van der Waals surface area contributed by atoms with Crippen LogP contribution >= 0.6 is 0 Å².